The average molecular weight is 212 g/mol. The number of nitrogens with one attached hydrogen (secondary N) is 2. The number of ether oxygens (including phenoxy) is 1. The van der Waals surface area contributed by atoms with Gasteiger partial charge in [-0.2, -0.15) is 5.10 Å². The van der Waals surface area contributed by atoms with Gasteiger partial charge in [0.05, 0.1) is 0 Å². The highest BCUT2D eigenvalue weighted by Gasteiger charge is 2.17. The number of H-pyrrole nitrogens is 1. The third kappa shape index (κ3) is 3.16. The Hall–Kier alpha value is -1.72. The highest BCUT2D eigenvalue weighted by Crippen LogP contribution is 2.17. The normalized spacial score (nSPS) is 11.2. The molecule has 84 valence electrons. The first-order valence-electron chi connectivity index (χ1n) is 4.60. The number of nitrogen functional groups attached to an aromatic ring is 1. The molecule has 0 fully saturated rings. The average Bonchev–Trinajstić information content (AvgIpc) is 2.32. The fourth-order valence-corrected chi connectivity index (χ4v) is 0.939. The molecule has 0 saturated carbocycles. The van der Waals surface area contributed by atoms with Gasteiger partial charge in [-0.25, -0.2) is 4.79 Å². The van der Waals surface area contributed by atoms with Gasteiger partial charge in [-0.1, -0.05) is 0 Å². The molecular formula is C9H16N4O2. The molecule has 0 aliphatic heterocycles. The Kier molecular flexibility index (Phi) is 2.88. The number of carbonyl (C=O) groups is 1. The molecule has 0 spiro atoms. The summed E-state index contributed by atoms with van der Waals surface area (Å²) in [6.07, 6.45) is -0.533. The summed E-state index contributed by atoms with van der Waals surface area (Å²) in [6, 6.07) is 0. The SMILES string of the molecule is Cc1c(N)n[nH]c1NC(=O)OC(C)(C)C. The molecule has 0 aromatic carbocycles. The number of rotatable bonds is 1. The summed E-state index contributed by atoms with van der Waals surface area (Å²) in [6.45, 7) is 7.13. The second-order valence-corrected chi connectivity index (χ2v) is 4.24. The van der Waals surface area contributed by atoms with Crippen LogP contribution in [0, 0.1) is 6.92 Å². The fourth-order valence-electron chi connectivity index (χ4n) is 0.939. The van der Waals surface area contributed by atoms with E-state index in [1.807, 2.05) is 0 Å². The fraction of sp³-hybridized carbons (Fsp3) is 0.556. The van der Waals surface area contributed by atoms with Gasteiger partial charge < -0.3 is 10.5 Å². The maximum absolute atomic E-state index is 11.4. The van der Waals surface area contributed by atoms with Gasteiger partial charge in [0.2, 0.25) is 0 Å². The zero-order valence-electron chi connectivity index (χ0n) is 9.34. The molecule has 0 radical (unpaired) electrons. The van der Waals surface area contributed by atoms with Gasteiger partial charge in [-0.3, -0.25) is 10.4 Å². The summed E-state index contributed by atoms with van der Waals surface area (Å²) < 4.78 is 5.07. The van der Waals surface area contributed by atoms with E-state index in [4.69, 9.17) is 10.5 Å². The molecular weight excluding hydrogens is 196 g/mol. The minimum Gasteiger partial charge on any atom is -0.444 e. The zero-order chi connectivity index (χ0) is 11.6. The number of hydrogen-bond acceptors (Lipinski definition) is 4. The van der Waals surface area contributed by atoms with Gasteiger partial charge in [0, 0.05) is 5.56 Å². The maximum atomic E-state index is 11.4. The van der Waals surface area contributed by atoms with Gasteiger partial charge in [0.15, 0.2) is 0 Å². The van der Waals surface area contributed by atoms with E-state index < -0.39 is 11.7 Å². The Bertz CT molecular complexity index is 365. The van der Waals surface area contributed by atoms with Crippen LogP contribution in [0.4, 0.5) is 16.4 Å². The maximum Gasteiger partial charge on any atom is 0.413 e. The number of nitrogens with two attached hydrogens (primary N) is 1. The predicted octanol–water partition coefficient (Wildman–Crippen LogP) is 1.65. The van der Waals surface area contributed by atoms with Crippen LogP contribution < -0.4 is 11.1 Å². The largest absolute Gasteiger partial charge is 0.444 e. The van der Waals surface area contributed by atoms with E-state index >= 15 is 0 Å². The first-order valence-corrected chi connectivity index (χ1v) is 4.60. The van der Waals surface area contributed by atoms with Crippen LogP contribution in [0.15, 0.2) is 0 Å². The molecule has 15 heavy (non-hydrogen) atoms. The molecule has 6 nitrogen and oxygen atoms in total. The Morgan fingerprint density at radius 3 is 2.53 bits per heavy atom. The van der Waals surface area contributed by atoms with Crippen LogP contribution >= 0.6 is 0 Å². The highest BCUT2D eigenvalue weighted by atomic mass is 16.6. The lowest BCUT2D eigenvalue weighted by molar-refractivity contribution is 0.0635. The van der Waals surface area contributed by atoms with Crippen molar-refractivity contribution in [2.24, 2.45) is 0 Å². The van der Waals surface area contributed by atoms with E-state index in [-0.39, 0.29) is 0 Å². The van der Waals surface area contributed by atoms with Crippen LogP contribution in [-0.4, -0.2) is 21.9 Å². The topological polar surface area (TPSA) is 93.0 Å². The number of amides is 1. The molecule has 1 aromatic heterocycles. The molecule has 0 aliphatic carbocycles. The lowest BCUT2D eigenvalue weighted by Crippen LogP contribution is -2.27. The van der Waals surface area contributed by atoms with Crippen LogP contribution in [0.5, 0.6) is 0 Å². The third-order valence-electron chi connectivity index (χ3n) is 1.67. The van der Waals surface area contributed by atoms with E-state index in [0.29, 0.717) is 17.2 Å². The molecule has 0 unspecified atom stereocenters. The van der Waals surface area contributed by atoms with Crippen molar-refractivity contribution in [2.75, 3.05) is 11.1 Å². The monoisotopic (exact) mass is 212 g/mol. The molecule has 1 heterocycles. The van der Waals surface area contributed by atoms with Crippen molar-refractivity contribution in [3.8, 4) is 0 Å². The zero-order valence-corrected chi connectivity index (χ0v) is 9.34. The Morgan fingerprint density at radius 2 is 2.13 bits per heavy atom. The van der Waals surface area contributed by atoms with Gasteiger partial charge in [0.25, 0.3) is 0 Å². The number of aromatic nitrogens is 2. The Morgan fingerprint density at radius 1 is 1.53 bits per heavy atom. The van der Waals surface area contributed by atoms with Crippen molar-refractivity contribution < 1.29 is 9.53 Å². The van der Waals surface area contributed by atoms with Crippen molar-refractivity contribution in [3.05, 3.63) is 5.56 Å². The van der Waals surface area contributed by atoms with Crippen molar-refractivity contribution >= 4 is 17.7 Å². The number of carbonyl (C=O) groups excluding carboxylic acids is 1. The summed E-state index contributed by atoms with van der Waals surface area (Å²) in [4.78, 5) is 11.4. The quantitative estimate of drug-likeness (QED) is 0.659. The lowest BCUT2D eigenvalue weighted by Gasteiger charge is -2.19. The van der Waals surface area contributed by atoms with Gasteiger partial charge in [0.1, 0.15) is 17.2 Å². The van der Waals surface area contributed by atoms with Crippen LogP contribution in [0.25, 0.3) is 0 Å². The van der Waals surface area contributed by atoms with Crippen molar-refractivity contribution in [3.63, 3.8) is 0 Å². The van der Waals surface area contributed by atoms with Crippen LogP contribution in [0.3, 0.4) is 0 Å². The standard InChI is InChI=1S/C9H16N4O2/c1-5-6(10)12-13-7(5)11-8(14)15-9(2,3)4/h1-4H3,(H4,10,11,12,13,14). The van der Waals surface area contributed by atoms with E-state index in [0.717, 1.165) is 0 Å². The molecule has 4 N–H and O–H groups in total. The number of hydrogen-bond donors (Lipinski definition) is 3. The Balaban J connectivity index is 2.63. The first-order chi connectivity index (χ1) is 6.79. The highest BCUT2D eigenvalue weighted by molar-refractivity contribution is 5.85. The molecule has 6 heteroatoms. The number of anilines is 2. The van der Waals surface area contributed by atoms with Gasteiger partial charge >= 0.3 is 6.09 Å². The van der Waals surface area contributed by atoms with Crippen LogP contribution in [0.2, 0.25) is 0 Å². The number of nitrogens with zero attached hydrogens (tertiary/aromatic N) is 1. The molecule has 1 amide bonds. The minimum atomic E-state index is -0.533. The van der Waals surface area contributed by atoms with Gasteiger partial charge in [-0.15, -0.1) is 0 Å². The summed E-state index contributed by atoms with van der Waals surface area (Å²) >= 11 is 0. The molecule has 1 aromatic rings. The summed E-state index contributed by atoms with van der Waals surface area (Å²) in [5, 5.41) is 8.88. The first kappa shape index (κ1) is 11.4. The van der Waals surface area contributed by atoms with E-state index in [9.17, 15) is 4.79 Å². The summed E-state index contributed by atoms with van der Waals surface area (Å²) in [5.41, 5.74) is 5.68. The van der Waals surface area contributed by atoms with Crippen LogP contribution in [-0.2, 0) is 4.74 Å². The van der Waals surface area contributed by atoms with Crippen molar-refractivity contribution in [1.29, 1.82) is 0 Å². The molecule has 0 bridgehead atoms. The second-order valence-electron chi connectivity index (χ2n) is 4.24. The van der Waals surface area contributed by atoms with E-state index in [1.165, 1.54) is 0 Å². The van der Waals surface area contributed by atoms with Gasteiger partial charge in [-0.05, 0) is 27.7 Å². The molecule has 0 saturated heterocycles. The predicted molar refractivity (Wildman–Crippen MR) is 57.6 cm³/mol. The molecule has 0 atom stereocenters. The van der Waals surface area contributed by atoms with Crippen LogP contribution in [0.1, 0.15) is 26.3 Å². The van der Waals surface area contributed by atoms with Crippen molar-refractivity contribution in [1.82, 2.24) is 10.2 Å². The van der Waals surface area contributed by atoms with E-state index in [1.54, 1.807) is 27.7 Å². The smallest absolute Gasteiger partial charge is 0.413 e. The second kappa shape index (κ2) is 3.80. The molecule has 0 aliphatic rings. The summed E-state index contributed by atoms with van der Waals surface area (Å²) in [7, 11) is 0. The lowest BCUT2D eigenvalue weighted by atomic mass is 10.2. The summed E-state index contributed by atoms with van der Waals surface area (Å²) in [5.74, 6) is 0.822. The number of aromatic amines is 1. The van der Waals surface area contributed by atoms with Crippen molar-refractivity contribution in [2.45, 2.75) is 33.3 Å². The molecule has 1 rings (SSSR count). The Labute approximate surface area is 88.2 Å². The third-order valence-corrected chi connectivity index (χ3v) is 1.67. The van der Waals surface area contributed by atoms with E-state index in [2.05, 4.69) is 15.5 Å². The minimum absolute atomic E-state index is 0.362.